The zero-order chi connectivity index (χ0) is 11.8. The van der Waals surface area contributed by atoms with E-state index in [0.717, 1.165) is 23.8 Å². The molecule has 1 fully saturated rings. The normalized spacial score (nSPS) is 18.5. The smallest absolute Gasteiger partial charge is 0.202 e. The molecule has 90 valence electrons. The maximum Gasteiger partial charge on any atom is 0.202 e. The Morgan fingerprint density at radius 1 is 1.50 bits per heavy atom. The molecule has 1 aliphatic rings. The average molecular weight is 241 g/mol. The molecule has 1 atom stereocenters. The van der Waals surface area contributed by atoms with Crippen LogP contribution in [0.15, 0.2) is 0 Å². The molecular formula is C11H19N3OS. The van der Waals surface area contributed by atoms with Crippen LogP contribution in [0.3, 0.4) is 0 Å². The Labute approximate surface area is 100 Å². The summed E-state index contributed by atoms with van der Waals surface area (Å²) in [5, 5.41) is 13.7. The molecule has 16 heavy (non-hydrogen) atoms. The molecule has 0 aromatic carbocycles. The Kier molecular flexibility index (Phi) is 3.17. The third-order valence-electron chi connectivity index (χ3n) is 2.73. The lowest BCUT2D eigenvalue weighted by Crippen LogP contribution is -2.21. The van der Waals surface area contributed by atoms with Gasteiger partial charge in [-0.2, -0.15) is 4.37 Å². The van der Waals surface area contributed by atoms with E-state index in [-0.39, 0.29) is 11.5 Å². The minimum Gasteiger partial charge on any atom is -0.391 e. The van der Waals surface area contributed by atoms with Crippen LogP contribution in [0.25, 0.3) is 0 Å². The predicted octanol–water partition coefficient (Wildman–Crippen LogP) is 2.02. The second kappa shape index (κ2) is 4.30. The summed E-state index contributed by atoms with van der Waals surface area (Å²) in [6.45, 7) is 6.87. The number of aliphatic hydroxyl groups excluding tert-OH is 1. The van der Waals surface area contributed by atoms with Crippen LogP contribution in [0.1, 0.15) is 39.4 Å². The van der Waals surface area contributed by atoms with Gasteiger partial charge in [-0.05, 0) is 18.8 Å². The monoisotopic (exact) mass is 241 g/mol. The van der Waals surface area contributed by atoms with Gasteiger partial charge in [-0.1, -0.05) is 20.8 Å². The molecule has 1 aromatic rings. The summed E-state index contributed by atoms with van der Waals surface area (Å²) in [4.78, 5) is 4.42. The van der Waals surface area contributed by atoms with E-state index in [4.69, 9.17) is 0 Å². The Morgan fingerprint density at radius 3 is 2.69 bits per heavy atom. The molecule has 2 N–H and O–H groups in total. The number of aliphatic hydroxyl groups is 1. The Morgan fingerprint density at radius 2 is 2.19 bits per heavy atom. The minimum absolute atomic E-state index is 0.00839. The maximum atomic E-state index is 9.71. The quantitative estimate of drug-likeness (QED) is 0.846. The molecule has 1 saturated carbocycles. The van der Waals surface area contributed by atoms with Gasteiger partial charge in [0.25, 0.3) is 0 Å². The van der Waals surface area contributed by atoms with E-state index >= 15 is 0 Å². The average Bonchev–Trinajstić information content (AvgIpc) is 2.92. The van der Waals surface area contributed by atoms with Gasteiger partial charge in [0.2, 0.25) is 5.13 Å². The van der Waals surface area contributed by atoms with Crippen LogP contribution in [-0.4, -0.2) is 27.1 Å². The Hall–Kier alpha value is -0.680. The maximum absolute atomic E-state index is 9.71. The second-order valence-corrected chi connectivity index (χ2v) is 6.21. The van der Waals surface area contributed by atoms with Crippen LogP contribution in [0.4, 0.5) is 5.13 Å². The lowest BCUT2D eigenvalue weighted by Gasteiger charge is -2.12. The number of anilines is 1. The number of rotatable bonds is 4. The van der Waals surface area contributed by atoms with Crippen molar-refractivity contribution >= 4 is 16.7 Å². The number of nitrogens with one attached hydrogen (secondary N) is 1. The number of hydrogen-bond donors (Lipinski definition) is 2. The standard InChI is InChI=1S/C11H19N3OS/c1-11(2,3)9-13-10(16-14-9)12-6-8(15)7-4-5-7/h7-8,15H,4-6H2,1-3H3,(H,12,13,14). The second-order valence-electron chi connectivity index (χ2n) is 5.46. The fraction of sp³-hybridized carbons (Fsp3) is 0.818. The summed E-state index contributed by atoms with van der Waals surface area (Å²) >= 11 is 1.37. The van der Waals surface area contributed by atoms with Crippen LogP contribution in [-0.2, 0) is 5.41 Å². The molecule has 4 nitrogen and oxygen atoms in total. The molecule has 1 aliphatic carbocycles. The first-order valence-electron chi connectivity index (χ1n) is 5.73. The van der Waals surface area contributed by atoms with Crippen molar-refractivity contribution in [2.45, 2.75) is 45.1 Å². The molecule has 0 radical (unpaired) electrons. The van der Waals surface area contributed by atoms with Gasteiger partial charge in [-0.3, -0.25) is 0 Å². The molecule has 1 heterocycles. The molecule has 1 aromatic heterocycles. The highest BCUT2D eigenvalue weighted by molar-refractivity contribution is 7.09. The first-order valence-corrected chi connectivity index (χ1v) is 6.50. The molecule has 0 amide bonds. The fourth-order valence-corrected chi connectivity index (χ4v) is 2.20. The molecule has 0 saturated heterocycles. The van der Waals surface area contributed by atoms with Crippen LogP contribution in [0.5, 0.6) is 0 Å². The highest BCUT2D eigenvalue weighted by atomic mass is 32.1. The van der Waals surface area contributed by atoms with Crippen molar-refractivity contribution in [2.75, 3.05) is 11.9 Å². The lowest BCUT2D eigenvalue weighted by molar-refractivity contribution is 0.164. The van der Waals surface area contributed by atoms with Crippen molar-refractivity contribution in [1.29, 1.82) is 0 Å². The summed E-state index contributed by atoms with van der Waals surface area (Å²) in [7, 11) is 0. The van der Waals surface area contributed by atoms with Gasteiger partial charge in [0.1, 0.15) is 5.82 Å². The molecule has 0 bridgehead atoms. The highest BCUT2D eigenvalue weighted by Gasteiger charge is 2.29. The van der Waals surface area contributed by atoms with E-state index in [2.05, 4.69) is 35.4 Å². The van der Waals surface area contributed by atoms with Crippen LogP contribution in [0, 0.1) is 5.92 Å². The summed E-state index contributed by atoms with van der Waals surface area (Å²) < 4.78 is 4.31. The van der Waals surface area contributed by atoms with Crippen molar-refractivity contribution in [3.63, 3.8) is 0 Å². The van der Waals surface area contributed by atoms with Gasteiger partial charge in [-0.15, -0.1) is 0 Å². The van der Waals surface area contributed by atoms with Crippen molar-refractivity contribution in [3.05, 3.63) is 5.82 Å². The number of hydrogen-bond acceptors (Lipinski definition) is 5. The molecule has 0 aliphatic heterocycles. The van der Waals surface area contributed by atoms with E-state index in [9.17, 15) is 5.11 Å². The largest absolute Gasteiger partial charge is 0.391 e. The van der Waals surface area contributed by atoms with E-state index in [1.807, 2.05) is 0 Å². The first kappa shape index (κ1) is 11.8. The summed E-state index contributed by atoms with van der Waals surface area (Å²) in [6, 6.07) is 0. The van der Waals surface area contributed by atoms with Gasteiger partial charge in [0.05, 0.1) is 6.10 Å². The van der Waals surface area contributed by atoms with E-state index < -0.39 is 0 Å². The fourth-order valence-electron chi connectivity index (χ4n) is 1.44. The predicted molar refractivity (Wildman–Crippen MR) is 65.8 cm³/mol. The SMILES string of the molecule is CC(C)(C)c1nsc(NCC(O)C2CC2)n1. The molecular weight excluding hydrogens is 222 g/mol. The molecule has 5 heteroatoms. The van der Waals surface area contributed by atoms with Gasteiger partial charge in [0.15, 0.2) is 0 Å². The van der Waals surface area contributed by atoms with Gasteiger partial charge in [-0.25, -0.2) is 4.98 Å². The summed E-state index contributed by atoms with van der Waals surface area (Å²) in [5.74, 6) is 1.36. The van der Waals surface area contributed by atoms with Gasteiger partial charge >= 0.3 is 0 Å². The minimum atomic E-state index is -0.234. The van der Waals surface area contributed by atoms with Gasteiger partial charge < -0.3 is 10.4 Å². The van der Waals surface area contributed by atoms with E-state index in [0.29, 0.717) is 12.5 Å². The molecule has 1 unspecified atom stereocenters. The molecule has 2 rings (SSSR count). The summed E-state index contributed by atoms with van der Waals surface area (Å²) in [5.41, 5.74) is -0.00839. The van der Waals surface area contributed by atoms with Crippen molar-refractivity contribution in [1.82, 2.24) is 9.36 Å². The van der Waals surface area contributed by atoms with Crippen molar-refractivity contribution in [2.24, 2.45) is 5.92 Å². The van der Waals surface area contributed by atoms with E-state index in [1.54, 1.807) is 0 Å². The zero-order valence-corrected chi connectivity index (χ0v) is 10.8. The topological polar surface area (TPSA) is 58.0 Å². The summed E-state index contributed by atoms with van der Waals surface area (Å²) in [6.07, 6.45) is 2.08. The number of nitrogens with zero attached hydrogens (tertiary/aromatic N) is 2. The van der Waals surface area contributed by atoms with E-state index in [1.165, 1.54) is 11.5 Å². The first-order chi connectivity index (χ1) is 7.47. The van der Waals surface area contributed by atoms with Crippen molar-refractivity contribution < 1.29 is 5.11 Å². The number of aromatic nitrogens is 2. The zero-order valence-electron chi connectivity index (χ0n) is 10.0. The van der Waals surface area contributed by atoms with Crippen LogP contribution < -0.4 is 5.32 Å². The van der Waals surface area contributed by atoms with Crippen molar-refractivity contribution in [3.8, 4) is 0 Å². The Bertz CT molecular complexity index is 354. The Balaban J connectivity index is 1.87. The van der Waals surface area contributed by atoms with Gasteiger partial charge in [0, 0.05) is 23.5 Å². The van der Waals surface area contributed by atoms with Crippen LogP contribution >= 0.6 is 11.5 Å². The lowest BCUT2D eigenvalue weighted by atomic mass is 9.96. The van der Waals surface area contributed by atoms with Crippen LogP contribution in [0.2, 0.25) is 0 Å². The molecule has 0 spiro atoms. The third kappa shape index (κ3) is 2.92. The third-order valence-corrected chi connectivity index (χ3v) is 3.40. The highest BCUT2D eigenvalue weighted by Crippen LogP contribution is 2.32.